The maximum absolute atomic E-state index is 12.8. The number of para-hydroxylation sites is 1. The minimum atomic E-state index is -0.752. The summed E-state index contributed by atoms with van der Waals surface area (Å²) in [6.45, 7) is 3.06. The predicted molar refractivity (Wildman–Crippen MR) is 121 cm³/mol. The Morgan fingerprint density at radius 1 is 1.03 bits per heavy atom. The molecule has 3 amide bonds. The van der Waals surface area contributed by atoms with Gasteiger partial charge >= 0.3 is 18.0 Å². The van der Waals surface area contributed by atoms with Crippen molar-refractivity contribution in [1.82, 2.24) is 10.6 Å². The number of rotatable bonds is 7. The number of ether oxygens (including phenoxy) is 2. The first-order valence-electron chi connectivity index (χ1n) is 10.1. The molecule has 0 aliphatic carbocycles. The second-order valence-corrected chi connectivity index (χ2v) is 7.45. The quantitative estimate of drug-likeness (QED) is 0.532. The molecule has 1 heterocycles. The van der Waals surface area contributed by atoms with E-state index in [0.717, 1.165) is 0 Å². The van der Waals surface area contributed by atoms with Crippen molar-refractivity contribution in [2.24, 2.45) is 0 Å². The summed E-state index contributed by atoms with van der Waals surface area (Å²) in [6.07, 6.45) is 0. The first kappa shape index (κ1) is 23.8. The summed E-state index contributed by atoms with van der Waals surface area (Å²) in [5.41, 5.74) is 0.990. The van der Waals surface area contributed by atoms with Crippen molar-refractivity contribution in [2.75, 3.05) is 18.5 Å². The summed E-state index contributed by atoms with van der Waals surface area (Å²) < 4.78 is 10.4. The van der Waals surface area contributed by atoms with Gasteiger partial charge in [-0.3, -0.25) is 4.79 Å². The minimum Gasteiger partial charge on any atom is -0.463 e. The molecule has 0 fully saturated rings. The fraction of sp³-hybridized carbons (Fsp3) is 0.217. The molecule has 10 heteroatoms. The number of carbonyl (C=O) groups excluding carboxylic acids is 4. The summed E-state index contributed by atoms with van der Waals surface area (Å²) in [7, 11) is 0. The highest BCUT2D eigenvalue weighted by molar-refractivity contribution is 6.30. The van der Waals surface area contributed by atoms with Crippen molar-refractivity contribution >= 4 is 41.2 Å². The number of hydrogen-bond acceptors (Lipinski definition) is 6. The van der Waals surface area contributed by atoms with Crippen molar-refractivity contribution in [3.8, 4) is 0 Å². The molecule has 172 valence electrons. The normalized spacial score (nSPS) is 15.2. The van der Waals surface area contributed by atoms with E-state index in [1.807, 2.05) is 0 Å². The third-order valence-electron chi connectivity index (χ3n) is 4.71. The van der Waals surface area contributed by atoms with E-state index < -0.39 is 29.9 Å². The topological polar surface area (TPSA) is 123 Å². The van der Waals surface area contributed by atoms with E-state index in [1.165, 1.54) is 6.07 Å². The van der Waals surface area contributed by atoms with Gasteiger partial charge in [0.25, 0.3) is 5.91 Å². The van der Waals surface area contributed by atoms with E-state index in [1.54, 1.807) is 56.3 Å². The molecule has 1 aliphatic heterocycles. The molecule has 33 heavy (non-hydrogen) atoms. The van der Waals surface area contributed by atoms with Gasteiger partial charge in [-0.25, -0.2) is 14.4 Å². The Morgan fingerprint density at radius 2 is 1.73 bits per heavy atom. The Hall–Kier alpha value is -3.85. The molecule has 1 atom stereocenters. The molecule has 0 spiro atoms. The zero-order valence-electron chi connectivity index (χ0n) is 17.9. The summed E-state index contributed by atoms with van der Waals surface area (Å²) in [4.78, 5) is 49.5. The SMILES string of the molecule is CCOC(=O)C1=C(COC(=O)c2ccccc2NC(=O)c2ccc(Cl)cc2)NC(=O)N[C@H]1C. The maximum Gasteiger partial charge on any atom is 0.340 e. The molecule has 1 aliphatic rings. The fourth-order valence-corrected chi connectivity index (χ4v) is 3.30. The Bertz CT molecular complexity index is 1110. The number of urea groups is 1. The largest absolute Gasteiger partial charge is 0.463 e. The number of esters is 2. The van der Waals surface area contributed by atoms with Crippen LogP contribution in [0.15, 0.2) is 59.8 Å². The van der Waals surface area contributed by atoms with Gasteiger partial charge in [-0.2, -0.15) is 0 Å². The van der Waals surface area contributed by atoms with E-state index >= 15 is 0 Å². The summed E-state index contributed by atoms with van der Waals surface area (Å²) in [5, 5.41) is 8.22. The highest BCUT2D eigenvalue weighted by Gasteiger charge is 2.30. The minimum absolute atomic E-state index is 0.103. The average Bonchev–Trinajstić information content (AvgIpc) is 2.78. The second kappa shape index (κ2) is 10.6. The molecule has 9 nitrogen and oxygen atoms in total. The molecular formula is C23H22ClN3O6. The van der Waals surface area contributed by atoms with Gasteiger partial charge in [0.15, 0.2) is 0 Å². The maximum atomic E-state index is 12.8. The van der Waals surface area contributed by atoms with Crippen molar-refractivity contribution in [2.45, 2.75) is 19.9 Å². The first-order chi connectivity index (χ1) is 15.8. The third kappa shape index (κ3) is 5.89. The molecule has 0 aromatic heterocycles. The van der Waals surface area contributed by atoms with Crippen LogP contribution in [0.3, 0.4) is 0 Å². The van der Waals surface area contributed by atoms with Gasteiger partial charge in [-0.1, -0.05) is 23.7 Å². The Morgan fingerprint density at radius 3 is 2.42 bits per heavy atom. The Labute approximate surface area is 195 Å². The molecule has 0 radical (unpaired) electrons. The number of nitrogens with one attached hydrogen (secondary N) is 3. The van der Waals surface area contributed by atoms with Crippen molar-refractivity contribution in [1.29, 1.82) is 0 Å². The van der Waals surface area contributed by atoms with E-state index in [0.29, 0.717) is 10.6 Å². The zero-order chi connectivity index (χ0) is 24.0. The van der Waals surface area contributed by atoms with Crippen LogP contribution in [-0.4, -0.2) is 43.1 Å². The molecule has 3 N–H and O–H groups in total. The highest BCUT2D eigenvalue weighted by Crippen LogP contribution is 2.20. The molecule has 2 aromatic rings. The number of anilines is 1. The lowest BCUT2D eigenvalue weighted by atomic mass is 10.0. The molecular weight excluding hydrogens is 450 g/mol. The van der Waals surface area contributed by atoms with Crippen molar-refractivity contribution < 1.29 is 28.7 Å². The smallest absolute Gasteiger partial charge is 0.340 e. The first-order valence-corrected chi connectivity index (χ1v) is 10.5. The Kier molecular flexibility index (Phi) is 7.68. The summed E-state index contributed by atoms with van der Waals surface area (Å²) in [6, 6.07) is 11.4. The molecule has 0 bridgehead atoms. The fourth-order valence-electron chi connectivity index (χ4n) is 3.17. The molecule has 0 saturated carbocycles. The standard InChI is InChI=1S/C23H22ClN3O6/c1-3-32-22(30)19-13(2)25-23(31)27-18(19)12-33-21(29)16-6-4-5-7-17(16)26-20(28)14-8-10-15(24)11-9-14/h4-11,13H,3,12H2,1-2H3,(H,26,28)(H2,25,27,31)/t13-/m0/s1. The molecule has 0 unspecified atom stereocenters. The monoisotopic (exact) mass is 471 g/mol. The van der Waals surface area contributed by atoms with Crippen LogP contribution in [0, 0.1) is 0 Å². The van der Waals surface area contributed by atoms with E-state index in [2.05, 4.69) is 16.0 Å². The number of halogens is 1. The molecule has 3 rings (SSSR count). The lowest BCUT2D eigenvalue weighted by molar-refractivity contribution is -0.139. The van der Waals surface area contributed by atoms with Gasteiger partial charge < -0.3 is 25.4 Å². The Balaban J connectivity index is 1.77. The number of benzene rings is 2. The van der Waals surface area contributed by atoms with Crippen LogP contribution in [0.25, 0.3) is 0 Å². The lowest BCUT2D eigenvalue weighted by Gasteiger charge is -2.26. The van der Waals surface area contributed by atoms with Gasteiger partial charge in [0.1, 0.15) is 6.61 Å². The van der Waals surface area contributed by atoms with Gasteiger partial charge in [0, 0.05) is 10.6 Å². The number of hydrogen-bond donors (Lipinski definition) is 3. The highest BCUT2D eigenvalue weighted by atomic mass is 35.5. The van der Waals surface area contributed by atoms with Crippen molar-refractivity contribution in [3.05, 3.63) is 76.0 Å². The van der Waals surface area contributed by atoms with Gasteiger partial charge in [-0.05, 0) is 50.2 Å². The van der Waals surface area contributed by atoms with Crippen LogP contribution in [0.2, 0.25) is 5.02 Å². The zero-order valence-corrected chi connectivity index (χ0v) is 18.7. The van der Waals surface area contributed by atoms with Gasteiger partial charge in [-0.15, -0.1) is 0 Å². The summed E-state index contributed by atoms with van der Waals surface area (Å²) in [5.74, 6) is -1.81. The van der Waals surface area contributed by atoms with E-state index in [-0.39, 0.29) is 35.7 Å². The second-order valence-electron chi connectivity index (χ2n) is 7.02. The van der Waals surface area contributed by atoms with Crippen LogP contribution in [0.4, 0.5) is 10.5 Å². The predicted octanol–water partition coefficient (Wildman–Crippen LogP) is 3.27. The van der Waals surface area contributed by atoms with Crippen LogP contribution in [0.5, 0.6) is 0 Å². The van der Waals surface area contributed by atoms with Crippen LogP contribution < -0.4 is 16.0 Å². The third-order valence-corrected chi connectivity index (χ3v) is 4.97. The van der Waals surface area contributed by atoms with Crippen molar-refractivity contribution in [3.63, 3.8) is 0 Å². The van der Waals surface area contributed by atoms with Crippen LogP contribution >= 0.6 is 11.6 Å². The van der Waals surface area contributed by atoms with Crippen LogP contribution in [0.1, 0.15) is 34.6 Å². The van der Waals surface area contributed by atoms with Gasteiger partial charge in [0.2, 0.25) is 0 Å². The van der Waals surface area contributed by atoms with E-state index in [4.69, 9.17) is 21.1 Å². The van der Waals surface area contributed by atoms with Gasteiger partial charge in [0.05, 0.1) is 35.2 Å². The van der Waals surface area contributed by atoms with E-state index in [9.17, 15) is 19.2 Å². The van der Waals surface area contributed by atoms with Crippen LogP contribution in [-0.2, 0) is 14.3 Å². The number of carbonyl (C=O) groups is 4. The molecule has 0 saturated heterocycles. The number of amides is 3. The average molecular weight is 472 g/mol. The summed E-state index contributed by atoms with van der Waals surface area (Å²) >= 11 is 5.85. The lowest BCUT2D eigenvalue weighted by Crippen LogP contribution is -2.50. The molecule has 2 aromatic carbocycles.